The van der Waals surface area contributed by atoms with Gasteiger partial charge in [0.05, 0.1) is 7.11 Å². The second kappa shape index (κ2) is 8.87. The predicted molar refractivity (Wildman–Crippen MR) is 104 cm³/mol. The van der Waals surface area contributed by atoms with Crippen LogP contribution in [0.2, 0.25) is 0 Å². The lowest BCUT2D eigenvalue weighted by Gasteiger charge is -2.20. The number of nitrogens with zero attached hydrogens (tertiary/aromatic N) is 1. The molecule has 1 atom stereocenters. The Hall–Kier alpha value is -2.89. The molecule has 6 heteroatoms. The molecule has 28 heavy (non-hydrogen) atoms. The average Bonchev–Trinajstić information content (AvgIpc) is 3.17. The summed E-state index contributed by atoms with van der Waals surface area (Å²) in [6.07, 6.45) is 3.08. The summed E-state index contributed by atoms with van der Waals surface area (Å²) in [5, 5.41) is 0. The van der Waals surface area contributed by atoms with Gasteiger partial charge in [-0.2, -0.15) is 0 Å². The Morgan fingerprint density at radius 2 is 1.96 bits per heavy atom. The summed E-state index contributed by atoms with van der Waals surface area (Å²) in [6.45, 7) is 3.83. The lowest BCUT2D eigenvalue weighted by atomic mass is 9.85. The van der Waals surface area contributed by atoms with Gasteiger partial charge in [0.1, 0.15) is 5.78 Å². The summed E-state index contributed by atoms with van der Waals surface area (Å²) in [5.41, 5.74) is 2.66. The molecule has 1 aliphatic heterocycles. The Labute approximate surface area is 164 Å². The van der Waals surface area contributed by atoms with E-state index in [1.54, 1.807) is 6.92 Å². The van der Waals surface area contributed by atoms with E-state index >= 15 is 0 Å². The zero-order valence-electron chi connectivity index (χ0n) is 16.5. The normalized spacial score (nSPS) is 13.2. The molecule has 148 valence electrons. The van der Waals surface area contributed by atoms with Crippen molar-refractivity contribution in [3.8, 4) is 11.5 Å². The van der Waals surface area contributed by atoms with E-state index in [1.807, 2.05) is 30.3 Å². The number of unbranched alkanes of at least 4 members (excludes halogenated alkanes) is 1. The monoisotopic (exact) mass is 383 g/mol. The Balaban J connectivity index is 2.06. The van der Waals surface area contributed by atoms with Crippen molar-refractivity contribution in [3.05, 3.63) is 52.8 Å². The molecule has 0 fully saturated rings. The zero-order chi connectivity index (χ0) is 20.1. The Morgan fingerprint density at radius 3 is 2.68 bits per heavy atom. The van der Waals surface area contributed by atoms with Gasteiger partial charge in [0, 0.05) is 18.0 Å². The van der Waals surface area contributed by atoms with Crippen molar-refractivity contribution in [3.63, 3.8) is 0 Å². The molecule has 0 saturated carbocycles. The molecule has 0 aliphatic carbocycles. The number of ether oxygens (including phenoxy) is 3. The van der Waals surface area contributed by atoms with Crippen LogP contribution in [-0.4, -0.2) is 30.6 Å². The van der Waals surface area contributed by atoms with E-state index in [-0.39, 0.29) is 30.6 Å². The van der Waals surface area contributed by atoms with Crippen LogP contribution in [-0.2, 0) is 16.0 Å². The smallest absolute Gasteiger partial charge is 0.356 e. The third-order valence-electron chi connectivity index (χ3n) is 4.82. The number of aryl methyl sites for hydroxylation is 1. The fourth-order valence-corrected chi connectivity index (χ4v) is 3.37. The summed E-state index contributed by atoms with van der Waals surface area (Å²) in [6, 6.07) is 9.40. The first-order valence-corrected chi connectivity index (χ1v) is 9.50. The topological polar surface area (TPSA) is 74.7 Å². The van der Waals surface area contributed by atoms with E-state index in [0.717, 1.165) is 30.5 Å². The molecular formula is C22H25NO5. The number of benzene rings is 1. The van der Waals surface area contributed by atoms with Crippen LogP contribution in [0.5, 0.6) is 11.5 Å². The van der Waals surface area contributed by atoms with E-state index in [2.05, 4.69) is 11.9 Å². The number of ketones is 1. The number of carbonyl (C=O) groups excluding carboxylic acids is 2. The number of fused-ring (bicyclic) bond motifs is 1. The molecule has 2 heterocycles. The van der Waals surface area contributed by atoms with Gasteiger partial charge >= 0.3 is 5.97 Å². The summed E-state index contributed by atoms with van der Waals surface area (Å²) in [7, 11) is 1.34. The molecule has 0 N–H and O–H groups in total. The molecule has 6 nitrogen and oxygen atoms in total. The van der Waals surface area contributed by atoms with Crippen molar-refractivity contribution in [2.45, 2.75) is 45.4 Å². The highest BCUT2D eigenvalue weighted by atomic mass is 16.7. The van der Waals surface area contributed by atoms with Crippen molar-refractivity contribution < 1.29 is 23.8 Å². The first-order chi connectivity index (χ1) is 13.5. The zero-order valence-corrected chi connectivity index (χ0v) is 16.5. The van der Waals surface area contributed by atoms with Crippen LogP contribution in [0.3, 0.4) is 0 Å². The minimum atomic E-state index is -0.498. The molecule has 3 rings (SSSR count). The van der Waals surface area contributed by atoms with Gasteiger partial charge in [0.15, 0.2) is 17.2 Å². The Bertz CT molecular complexity index is 877. The second-order valence-corrected chi connectivity index (χ2v) is 6.91. The largest absolute Gasteiger partial charge is 0.464 e. The molecule has 0 radical (unpaired) electrons. The number of hydrogen-bond acceptors (Lipinski definition) is 6. The Morgan fingerprint density at radius 1 is 1.18 bits per heavy atom. The highest BCUT2D eigenvalue weighted by Gasteiger charge is 2.26. The molecule has 1 aromatic heterocycles. The number of carbonyl (C=O) groups is 2. The highest BCUT2D eigenvalue weighted by Crippen LogP contribution is 2.38. The van der Waals surface area contributed by atoms with Crippen LogP contribution in [0.1, 0.15) is 66.3 Å². The minimum absolute atomic E-state index is 0.0218. The third-order valence-corrected chi connectivity index (χ3v) is 4.82. The average molecular weight is 383 g/mol. The second-order valence-electron chi connectivity index (χ2n) is 6.91. The maximum atomic E-state index is 12.5. The summed E-state index contributed by atoms with van der Waals surface area (Å²) < 4.78 is 15.8. The third kappa shape index (κ3) is 4.32. The van der Waals surface area contributed by atoms with Crippen LogP contribution < -0.4 is 9.47 Å². The lowest BCUT2D eigenvalue weighted by Crippen LogP contribution is -2.16. The van der Waals surface area contributed by atoms with Crippen molar-refractivity contribution in [2.24, 2.45) is 0 Å². The van der Waals surface area contributed by atoms with Gasteiger partial charge in [0.2, 0.25) is 6.79 Å². The van der Waals surface area contributed by atoms with Crippen molar-refractivity contribution >= 4 is 11.8 Å². The summed E-state index contributed by atoms with van der Waals surface area (Å²) >= 11 is 0. The van der Waals surface area contributed by atoms with Crippen LogP contribution >= 0.6 is 0 Å². The van der Waals surface area contributed by atoms with Gasteiger partial charge in [-0.15, -0.1) is 0 Å². The molecule has 0 amide bonds. The highest BCUT2D eigenvalue weighted by molar-refractivity contribution is 5.90. The number of aromatic nitrogens is 1. The van der Waals surface area contributed by atoms with Gasteiger partial charge in [-0.25, -0.2) is 9.78 Å². The molecule has 0 unspecified atom stereocenters. The fraction of sp³-hybridized carbons (Fsp3) is 0.409. The molecular weight excluding hydrogens is 358 g/mol. The van der Waals surface area contributed by atoms with E-state index in [4.69, 9.17) is 14.2 Å². The van der Waals surface area contributed by atoms with Gasteiger partial charge in [-0.3, -0.25) is 4.79 Å². The van der Waals surface area contributed by atoms with Gasteiger partial charge in [0.25, 0.3) is 0 Å². The van der Waals surface area contributed by atoms with E-state index < -0.39 is 5.97 Å². The summed E-state index contributed by atoms with van der Waals surface area (Å²) in [5.74, 6) is 0.509. The van der Waals surface area contributed by atoms with Gasteiger partial charge in [-0.1, -0.05) is 25.5 Å². The molecule has 0 saturated heterocycles. The number of pyridine rings is 1. The number of methoxy groups -OCH3 is 1. The molecule has 2 aromatic rings. The first kappa shape index (κ1) is 19.9. The fourth-order valence-electron chi connectivity index (χ4n) is 3.37. The van der Waals surface area contributed by atoms with E-state index in [0.29, 0.717) is 17.1 Å². The standard InChI is InChI=1S/C22H25NO5/c1-4-5-6-16-8-9-17(21(23-16)22(25)26-3)18(11-14(2)24)15-7-10-19-20(12-15)28-13-27-19/h7-10,12,18H,4-6,11,13H2,1-3H3/t18-/m0/s1. The number of Topliss-reactive ketones (excluding diaryl/α,β-unsaturated/α-hetero) is 1. The Kier molecular flexibility index (Phi) is 6.29. The van der Waals surface area contributed by atoms with Crippen molar-refractivity contribution in [1.29, 1.82) is 0 Å². The number of esters is 1. The molecule has 1 aromatic carbocycles. The SMILES string of the molecule is CCCCc1ccc([C@@H](CC(C)=O)c2ccc3c(c2)OCO3)c(C(=O)OC)n1. The maximum absolute atomic E-state index is 12.5. The molecule has 1 aliphatic rings. The maximum Gasteiger partial charge on any atom is 0.356 e. The van der Waals surface area contributed by atoms with Gasteiger partial charge in [-0.05, 0) is 49.1 Å². The lowest BCUT2D eigenvalue weighted by molar-refractivity contribution is -0.117. The van der Waals surface area contributed by atoms with Crippen molar-refractivity contribution in [2.75, 3.05) is 13.9 Å². The molecule has 0 spiro atoms. The number of rotatable bonds is 8. The van der Waals surface area contributed by atoms with E-state index in [1.165, 1.54) is 7.11 Å². The minimum Gasteiger partial charge on any atom is -0.464 e. The van der Waals surface area contributed by atoms with Crippen LogP contribution in [0.15, 0.2) is 30.3 Å². The summed E-state index contributed by atoms with van der Waals surface area (Å²) in [4.78, 5) is 29.0. The van der Waals surface area contributed by atoms with Crippen molar-refractivity contribution in [1.82, 2.24) is 4.98 Å². The van der Waals surface area contributed by atoms with E-state index in [9.17, 15) is 9.59 Å². The first-order valence-electron chi connectivity index (χ1n) is 9.50. The van der Waals surface area contributed by atoms with Crippen LogP contribution in [0.4, 0.5) is 0 Å². The molecule has 0 bridgehead atoms. The van der Waals surface area contributed by atoms with Gasteiger partial charge < -0.3 is 14.2 Å². The predicted octanol–water partition coefficient (Wildman–Crippen LogP) is 4.05. The quantitative estimate of drug-likeness (QED) is 0.640. The van der Waals surface area contributed by atoms with Crippen LogP contribution in [0, 0.1) is 0 Å². The van der Waals surface area contributed by atoms with Crippen LogP contribution in [0.25, 0.3) is 0 Å². The number of hydrogen-bond donors (Lipinski definition) is 0.